The second kappa shape index (κ2) is 13.1. The summed E-state index contributed by atoms with van der Waals surface area (Å²) in [6.07, 6.45) is -8.31. The van der Waals surface area contributed by atoms with Crippen LogP contribution < -0.4 is 9.80 Å². The van der Waals surface area contributed by atoms with Gasteiger partial charge >= 0.3 is 12.4 Å². The fourth-order valence-corrected chi connectivity index (χ4v) is 6.39. The highest BCUT2D eigenvalue weighted by molar-refractivity contribution is 6.33. The Morgan fingerprint density at radius 1 is 0.867 bits per heavy atom. The molecule has 242 valence electrons. The molecule has 0 radical (unpaired) electrons. The summed E-state index contributed by atoms with van der Waals surface area (Å²) >= 11 is 6.55. The van der Waals surface area contributed by atoms with Gasteiger partial charge in [-0.2, -0.15) is 26.3 Å². The van der Waals surface area contributed by atoms with Crippen LogP contribution in [-0.2, 0) is 30.2 Å². The van der Waals surface area contributed by atoms with Crippen LogP contribution >= 0.6 is 11.6 Å². The fourth-order valence-electron chi connectivity index (χ4n) is 6.04. The van der Waals surface area contributed by atoms with E-state index in [0.717, 1.165) is 12.0 Å². The van der Waals surface area contributed by atoms with Crippen LogP contribution in [-0.4, -0.2) is 61.5 Å². The maximum Gasteiger partial charge on any atom is 0.416 e. The van der Waals surface area contributed by atoms with Crippen LogP contribution in [0.25, 0.3) is 0 Å². The van der Waals surface area contributed by atoms with Gasteiger partial charge in [-0.15, -0.1) is 0 Å². The Hall–Kier alpha value is -3.51. The molecule has 5 nitrogen and oxygen atoms in total. The summed E-state index contributed by atoms with van der Waals surface area (Å²) in [4.78, 5) is 20.8. The first-order valence-corrected chi connectivity index (χ1v) is 14.9. The molecule has 5 rings (SSSR count). The molecule has 3 aromatic rings. The maximum absolute atomic E-state index is 14.2. The van der Waals surface area contributed by atoms with E-state index in [1.165, 1.54) is 18.0 Å². The lowest BCUT2D eigenvalue weighted by molar-refractivity contribution is -0.143. The van der Waals surface area contributed by atoms with Gasteiger partial charge in [-0.1, -0.05) is 29.8 Å². The molecule has 2 saturated heterocycles. The van der Waals surface area contributed by atoms with Crippen molar-refractivity contribution in [1.82, 2.24) is 9.80 Å². The quantitative estimate of drug-likeness (QED) is 0.247. The zero-order valence-corrected chi connectivity index (χ0v) is 25.2. The predicted molar refractivity (Wildman–Crippen MR) is 159 cm³/mol. The number of alkyl halides is 6. The van der Waals surface area contributed by atoms with Gasteiger partial charge in [0.15, 0.2) is 0 Å². The third-order valence-corrected chi connectivity index (χ3v) is 8.61. The van der Waals surface area contributed by atoms with Crippen LogP contribution in [0.4, 0.5) is 42.1 Å². The number of hydrogen-bond acceptors (Lipinski definition) is 4. The Morgan fingerprint density at radius 2 is 1.51 bits per heavy atom. The number of anilines is 2. The summed E-state index contributed by atoms with van der Waals surface area (Å²) < 4.78 is 94.0. The highest BCUT2D eigenvalue weighted by Crippen LogP contribution is 2.37. The molecular weight excluding hydrogens is 625 g/mol. The summed E-state index contributed by atoms with van der Waals surface area (Å²) in [6, 6.07) is 12.9. The Morgan fingerprint density at radius 3 is 2.11 bits per heavy atom. The second-order valence-electron chi connectivity index (χ2n) is 11.4. The third-order valence-electron chi connectivity index (χ3n) is 8.31. The monoisotopic (exact) mass is 656 g/mol. The van der Waals surface area contributed by atoms with E-state index in [2.05, 4.69) is 4.90 Å². The van der Waals surface area contributed by atoms with E-state index >= 15 is 0 Å². The molecule has 0 bridgehead atoms. The number of amides is 1. The highest BCUT2D eigenvalue weighted by Gasteiger charge is 2.37. The normalized spacial score (nSPS) is 18.0. The Bertz CT molecular complexity index is 1490. The van der Waals surface area contributed by atoms with Crippen molar-refractivity contribution in [2.75, 3.05) is 49.6 Å². The van der Waals surface area contributed by atoms with Crippen molar-refractivity contribution >= 4 is 28.9 Å². The number of para-hydroxylation sites is 1. The zero-order chi connectivity index (χ0) is 32.5. The van der Waals surface area contributed by atoms with Gasteiger partial charge in [0, 0.05) is 46.3 Å². The standard InChI is InChI=1S/C32H32ClF7N4O/c1-41(19-22-15-23(31(35,36)37)18-24(16-22)32(38,39)40)27-9-8-21(17-25(27)33)20-44-10-4-7-29(44)30(45)43-13-11-42(12-14-43)28-6-3-2-5-26(28)34/h2-3,5-6,8-9,15-18,29H,4,7,10-14,19-20H2,1H3. The van der Waals surface area contributed by atoms with E-state index in [-0.39, 0.29) is 41.0 Å². The minimum atomic E-state index is -4.93. The van der Waals surface area contributed by atoms with Crippen LogP contribution in [0.15, 0.2) is 60.7 Å². The zero-order valence-electron chi connectivity index (χ0n) is 24.4. The van der Waals surface area contributed by atoms with Gasteiger partial charge in [0.2, 0.25) is 5.91 Å². The van der Waals surface area contributed by atoms with E-state index in [4.69, 9.17) is 11.6 Å². The van der Waals surface area contributed by atoms with Gasteiger partial charge in [-0.05, 0) is 73.0 Å². The first kappa shape index (κ1) is 32.9. The van der Waals surface area contributed by atoms with E-state index in [0.29, 0.717) is 69.2 Å². The minimum Gasteiger partial charge on any atom is -0.369 e. The maximum atomic E-state index is 14.2. The van der Waals surface area contributed by atoms with Crippen LogP contribution in [0.3, 0.4) is 0 Å². The molecule has 0 saturated carbocycles. The van der Waals surface area contributed by atoms with Gasteiger partial charge in [0.05, 0.1) is 33.6 Å². The number of hydrogen-bond donors (Lipinski definition) is 0. The number of nitrogens with zero attached hydrogens (tertiary/aromatic N) is 4. The number of halogens is 8. The molecule has 2 aliphatic heterocycles. The highest BCUT2D eigenvalue weighted by atomic mass is 35.5. The van der Waals surface area contributed by atoms with Gasteiger partial charge in [-0.25, -0.2) is 4.39 Å². The summed E-state index contributed by atoms with van der Waals surface area (Å²) in [5, 5.41) is 0.282. The van der Waals surface area contributed by atoms with Crippen molar-refractivity contribution in [3.05, 3.63) is 93.8 Å². The molecule has 2 aliphatic rings. The predicted octanol–water partition coefficient (Wildman–Crippen LogP) is 7.47. The molecule has 0 aliphatic carbocycles. The van der Waals surface area contributed by atoms with E-state index in [1.807, 2.05) is 9.80 Å². The van der Waals surface area contributed by atoms with Crippen molar-refractivity contribution in [1.29, 1.82) is 0 Å². The van der Waals surface area contributed by atoms with Crippen molar-refractivity contribution in [3.63, 3.8) is 0 Å². The van der Waals surface area contributed by atoms with E-state index in [1.54, 1.807) is 36.4 Å². The lowest BCUT2D eigenvalue weighted by Crippen LogP contribution is -2.53. The first-order chi connectivity index (χ1) is 21.2. The summed E-state index contributed by atoms with van der Waals surface area (Å²) in [7, 11) is 1.54. The number of rotatable bonds is 7. The molecule has 1 amide bonds. The number of benzene rings is 3. The number of carbonyl (C=O) groups is 1. The molecule has 0 N–H and O–H groups in total. The number of carbonyl (C=O) groups excluding carboxylic acids is 1. The minimum absolute atomic E-state index is 0.0300. The molecule has 1 unspecified atom stereocenters. The van der Waals surface area contributed by atoms with Gasteiger partial charge < -0.3 is 14.7 Å². The largest absolute Gasteiger partial charge is 0.416 e. The van der Waals surface area contributed by atoms with E-state index in [9.17, 15) is 35.5 Å². The lowest BCUT2D eigenvalue weighted by atomic mass is 10.0. The van der Waals surface area contributed by atoms with Crippen LogP contribution in [0, 0.1) is 5.82 Å². The molecule has 0 spiro atoms. The van der Waals surface area contributed by atoms with E-state index < -0.39 is 23.5 Å². The molecule has 0 aromatic heterocycles. The first-order valence-electron chi connectivity index (χ1n) is 14.5. The van der Waals surface area contributed by atoms with Gasteiger partial charge in [0.25, 0.3) is 0 Å². The molecule has 45 heavy (non-hydrogen) atoms. The molecule has 2 heterocycles. The number of piperazine rings is 1. The van der Waals surface area contributed by atoms with Crippen LogP contribution in [0.5, 0.6) is 0 Å². The molecular formula is C32H32ClF7N4O. The van der Waals surface area contributed by atoms with Crippen molar-refractivity contribution in [2.24, 2.45) is 0 Å². The fraction of sp³-hybridized carbons (Fsp3) is 0.406. The van der Waals surface area contributed by atoms with Gasteiger partial charge in [0.1, 0.15) is 5.82 Å². The average molecular weight is 657 g/mol. The average Bonchev–Trinajstić information content (AvgIpc) is 3.44. The topological polar surface area (TPSA) is 30.0 Å². The van der Waals surface area contributed by atoms with Gasteiger partial charge in [-0.3, -0.25) is 9.69 Å². The van der Waals surface area contributed by atoms with Crippen LogP contribution in [0.1, 0.15) is 35.1 Å². The van der Waals surface area contributed by atoms with Crippen molar-refractivity contribution in [2.45, 2.75) is 44.3 Å². The second-order valence-corrected chi connectivity index (χ2v) is 11.9. The summed E-state index contributed by atoms with van der Waals surface area (Å²) in [6.45, 7) is 2.95. The smallest absolute Gasteiger partial charge is 0.369 e. The van der Waals surface area contributed by atoms with Crippen molar-refractivity contribution in [3.8, 4) is 0 Å². The summed E-state index contributed by atoms with van der Waals surface area (Å²) in [5.41, 5.74) is -1.12. The Labute approximate surface area is 261 Å². The molecule has 13 heteroatoms. The van der Waals surface area contributed by atoms with Crippen molar-refractivity contribution < 1.29 is 35.5 Å². The third kappa shape index (κ3) is 7.66. The Balaban J connectivity index is 1.22. The molecule has 3 aromatic carbocycles. The van der Waals surface area contributed by atoms with Crippen LogP contribution in [0.2, 0.25) is 5.02 Å². The lowest BCUT2D eigenvalue weighted by Gasteiger charge is -2.38. The molecule has 1 atom stereocenters. The SMILES string of the molecule is CN(Cc1cc(C(F)(F)F)cc(C(F)(F)F)c1)c1ccc(CN2CCCC2C(=O)N2CCN(c3ccccc3F)CC2)cc1Cl. The molecule has 2 fully saturated rings. The Kier molecular flexibility index (Phi) is 9.55. The number of likely N-dealkylation sites (tertiary alicyclic amines) is 1. The summed E-state index contributed by atoms with van der Waals surface area (Å²) in [5.74, 6) is -0.260.